The summed E-state index contributed by atoms with van der Waals surface area (Å²) in [7, 11) is 0. The van der Waals surface area contributed by atoms with Crippen molar-refractivity contribution in [2.45, 2.75) is 18.0 Å². The monoisotopic (exact) mass is 690 g/mol. The second-order valence-electron chi connectivity index (χ2n) is 9.72. The number of anilines is 2. The molecule has 45 heavy (non-hydrogen) atoms. The van der Waals surface area contributed by atoms with E-state index < -0.39 is 44.1 Å². The summed E-state index contributed by atoms with van der Waals surface area (Å²) in [6, 6.07) is 17.1. The molecule has 4 aromatic carbocycles. The molecule has 0 aliphatic rings. The van der Waals surface area contributed by atoms with E-state index in [1.807, 2.05) is 0 Å². The molecule has 4 rings (SSSR count). The Labute approximate surface area is 275 Å². The molecule has 0 heterocycles. The maximum atomic E-state index is 14.3. The standard InChI is InChI=1S/C29H22Cl4N6O6/c1-15-12-13-23(39(44)45)21(14-15)37-29(27(35)41,25-18(32)8-5-9-19(25)33)28(26(34)40,24-16(30)6-4-7-17(24)31)36-20-10-2-3-11-22(20)38(42)43/h2-14,36-37H,1H3,(H2,34,40)(H2,35,41). The van der Waals surface area contributed by atoms with Gasteiger partial charge in [-0.1, -0.05) is 76.7 Å². The Kier molecular flexibility index (Phi) is 9.45. The number of benzene rings is 4. The number of aryl methyl sites for hydroxylation is 1. The summed E-state index contributed by atoms with van der Waals surface area (Å²) in [5.41, 5.74) is 4.65. The first-order valence-electron chi connectivity index (χ1n) is 12.7. The van der Waals surface area contributed by atoms with Gasteiger partial charge in [-0.2, -0.15) is 0 Å². The minimum Gasteiger partial charge on any atom is -0.367 e. The van der Waals surface area contributed by atoms with E-state index in [-0.39, 0.29) is 42.6 Å². The van der Waals surface area contributed by atoms with Crippen LogP contribution in [0.4, 0.5) is 22.7 Å². The molecule has 0 bridgehead atoms. The Hall–Kier alpha value is -4.62. The number of nitrogens with one attached hydrogen (secondary N) is 2. The summed E-state index contributed by atoms with van der Waals surface area (Å²) < 4.78 is 0. The minimum absolute atomic E-state index is 0.248. The zero-order valence-electron chi connectivity index (χ0n) is 23.0. The van der Waals surface area contributed by atoms with Gasteiger partial charge in [-0.25, -0.2) is 0 Å². The maximum absolute atomic E-state index is 14.3. The Bertz CT molecular complexity index is 1830. The van der Waals surface area contributed by atoms with Crippen LogP contribution in [0.15, 0.2) is 78.9 Å². The Balaban J connectivity index is 2.35. The first kappa shape index (κ1) is 33.3. The van der Waals surface area contributed by atoms with Crippen LogP contribution < -0.4 is 22.1 Å². The highest BCUT2D eigenvalue weighted by molar-refractivity contribution is 6.38. The molecular formula is C29H22Cl4N6O6. The van der Waals surface area contributed by atoms with E-state index in [1.165, 1.54) is 66.7 Å². The summed E-state index contributed by atoms with van der Waals surface area (Å²) in [6.45, 7) is 1.61. The first-order chi connectivity index (χ1) is 21.2. The van der Waals surface area contributed by atoms with Crippen LogP contribution in [-0.4, -0.2) is 21.7 Å². The summed E-state index contributed by atoms with van der Waals surface area (Å²) in [6.07, 6.45) is 0. The normalized spacial score (nSPS) is 13.6. The molecule has 0 fully saturated rings. The van der Waals surface area contributed by atoms with Crippen LogP contribution in [-0.2, 0) is 20.7 Å². The second kappa shape index (κ2) is 12.8. The van der Waals surface area contributed by atoms with Crippen molar-refractivity contribution in [1.29, 1.82) is 0 Å². The molecule has 12 nitrogen and oxygen atoms in total. The lowest BCUT2D eigenvalue weighted by Crippen LogP contribution is -2.70. The highest BCUT2D eigenvalue weighted by Gasteiger charge is 2.66. The van der Waals surface area contributed by atoms with Crippen LogP contribution in [0.1, 0.15) is 16.7 Å². The fraction of sp³-hybridized carbons (Fsp3) is 0.103. The SMILES string of the molecule is Cc1ccc([N+](=O)[O-])c(NC(C(N)=O)(c2c(Cl)cccc2Cl)C(Nc2ccccc2[N+](=O)[O-])(C(N)=O)c2c(Cl)cccc2Cl)c1. The number of amides is 2. The summed E-state index contributed by atoms with van der Waals surface area (Å²) in [5, 5.41) is 28.9. The molecule has 2 amide bonds. The average Bonchev–Trinajstić information content (AvgIpc) is 2.95. The number of nitro benzene ring substituents is 2. The Morgan fingerprint density at radius 2 is 1.04 bits per heavy atom. The predicted molar refractivity (Wildman–Crippen MR) is 173 cm³/mol. The second-order valence-corrected chi connectivity index (χ2v) is 11.4. The molecule has 4 aromatic rings. The number of halogens is 4. The van der Waals surface area contributed by atoms with Crippen LogP contribution >= 0.6 is 46.4 Å². The molecule has 6 N–H and O–H groups in total. The van der Waals surface area contributed by atoms with E-state index in [1.54, 1.807) is 6.92 Å². The van der Waals surface area contributed by atoms with E-state index in [4.69, 9.17) is 57.9 Å². The number of primary amides is 2. The third-order valence-corrected chi connectivity index (χ3v) is 8.33. The zero-order chi connectivity index (χ0) is 33.3. The average molecular weight is 692 g/mol. The van der Waals surface area contributed by atoms with Crippen LogP contribution in [0.2, 0.25) is 20.1 Å². The third-order valence-electron chi connectivity index (χ3n) is 7.07. The van der Waals surface area contributed by atoms with Crippen LogP contribution in [0.5, 0.6) is 0 Å². The first-order valence-corrected chi connectivity index (χ1v) is 14.2. The summed E-state index contributed by atoms with van der Waals surface area (Å²) in [5.74, 6) is -2.82. The van der Waals surface area contributed by atoms with Crippen molar-refractivity contribution in [2.24, 2.45) is 11.5 Å². The van der Waals surface area contributed by atoms with Crippen molar-refractivity contribution in [3.8, 4) is 0 Å². The lowest BCUT2D eigenvalue weighted by molar-refractivity contribution is -0.384. The number of para-hydroxylation sites is 2. The number of carbonyl (C=O) groups is 2. The molecule has 0 aliphatic heterocycles. The third kappa shape index (κ3) is 5.69. The van der Waals surface area contributed by atoms with Gasteiger partial charge in [-0.15, -0.1) is 0 Å². The molecule has 0 aliphatic carbocycles. The summed E-state index contributed by atoms with van der Waals surface area (Å²) >= 11 is 26.8. The fourth-order valence-corrected chi connectivity index (χ4v) is 6.55. The molecule has 0 aromatic heterocycles. The number of rotatable bonds is 11. The fourth-order valence-electron chi connectivity index (χ4n) is 5.19. The molecule has 0 saturated heterocycles. The molecule has 2 unspecified atom stereocenters. The van der Waals surface area contributed by atoms with Gasteiger partial charge >= 0.3 is 0 Å². The maximum Gasteiger partial charge on any atom is 0.292 e. The molecular weight excluding hydrogens is 670 g/mol. The van der Waals surface area contributed by atoms with Gasteiger partial charge in [0.25, 0.3) is 23.2 Å². The van der Waals surface area contributed by atoms with Gasteiger partial charge in [-0.05, 0) is 48.9 Å². The zero-order valence-corrected chi connectivity index (χ0v) is 26.0. The highest BCUT2D eigenvalue weighted by Crippen LogP contribution is 2.54. The molecule has 0 saturated carbocycles. The lowest BCUT2D eigenvalue weighted by Gasteiger charge is -2.49. The topological polar surface area (TPSA) is 197 Å². The number of carbonyl (C=O) groups excluding carboxylic acids is 2. The number of nitro groups is 2. The largest absolute Gasteiger partial charge is 0.367 e. The highest BCUT2D eigenvalue weighted by atomic mass is 35.5. The minimum atomic E-state index is -2.86. The Morgan fingerprint density at radius 1 is 0.644 bits per heavy atom. The van der Waals surface area contributed by atoms with Gasteiger partial charge in [0.1, 0.15) is 11.4 Å². The van der Waals surface area contributed by atoms with E-state index in [0.717, 1.165) is 12.1 Å². The molecule has 232 valence electrons. The van der Waals surface area contributed by atoms with Gasteiger partial charge in [0.05, 0.1) is 9.85 Å². The lowest BCUT2D eigenvalue weighted by atomic mass is 9.66. The van der Waals surface area contributed by atoms with Crippen LogP contribution in [0.3, 0.4) is 0 Å². The van der Waals surface area contributed by atoms with Gasteiger partial charge in [0.15, 0.2) is 11.1 Å². The summed E-state index contributed by atoms with van der Waals surface area (Å²) in [4.78, 5) is 51.3. The van der Waals surface area contributed by atoms with Gasteiger partial charge in [0.2, 0.25) is 0 Å². The van der Waals surface area contributed by atoms with E-state index in [0.29, 0.717) is 5.56 Å². The quantitative estimate of drug-likeness (QED) is 0.0983. The number of nitrogens with zero attached hydrogens (tertiary/aromatic N) is 2. The predicted octanol–water partition coefficient (Wildman–Crippen LogP) is 6.71. The van der Waals surface area contributed by atoms with Gasteiger partial charge in [-0.3, -0.25) is 29.8 Å². The number of hydrogen-bond donors (Lipinski definition) is 4. The van der Waals surface area contributed by atoms with Crippen molar-refractivity contribution in [3.63, 3.8) is 0 Å². The van der Waals surface area contributed by atoms with Gasteiger partial charge in [0, 0.05) is 43.4 Å². The number of hydrogen-bond acceptors (Lipinski definition) is 8. The number of nitrogens with two attached hydrogens (primary N) is 2. The van der Waals surface area contributed by atoms with Crippen molar-refractivity contribution in [2.75, 3.05) is 10.6 Å². The molecule has 0 spiro atoms. The van der Waals surface area contributed by atoms with Crippen molar-refractivity contribution in [1.82, 2.24) is 0 Å². The van der Waals surface area contributed by atoms with Crippen molar-refractivity contribution in [3.05, 3.63) is 136 Å². The van der Waals surface area contributed by atoms with Crippen LogP contribution in [0.25, 0.3) is 0 Å². The van der Waals surface area contributed by atoms with E-state index in [9.17, 15) is 29.8 Å². The smallest absolute Gasteiger partial charge is 0.292 e. The van der Waals surface area contributed by atoms with Crippen molar-refractivity contribution >= 4 is 81.0 Å². The Morgan fingerprint density at radius 3 is 1.47 bits per heavy atom. The van der Waals surface area contributed by atoms with Gasteiger partial charge < -0.3 is 22.1 Å². The van der Waals surface area contributed by atoms with Crippen LogP contribution in [0, 0.1) is 27.2 Å². The molecule has 16 heteroatoms. The molecule has 0 radical (unpaired) electrons. The van der Waals surface area contributed by atoms with E-state index >= 15 is 0 Å². The van der Waals surface area contributed by atoms with E-state index in [2.05, 4.69) is 10.6 Å². The van der Waals surface area contributed by atoms with Crippen molar-refractivity contribution < 1.29 is 19.4 Å². The molecule has 2 atom stereocenters.